The lowest BCUT2D eigenvalue weighted by Crippen LogP contribution is -2.00. The summed E-state index contributed by atoms with van der Waals surface area (Å²) >= 11 is 0. The van der Waals surface area contributed by atoms with Gasteiger partial charge in [-0.3, -0.25) is 0 Å². The second-order valence-corrected chi connectivity index (χ2v) is 2.64. The standard InChI is InChI=1S/C5H10N4.C3H8/c1-3-4-9-7-5(2)6-8-9;1-3-2/h3-4H2,1-2H3;3H2,1-2H3. The second-order valence-electron chi connectivity index (χ2n) is 2.64. The highest BCUT2D eigenvalue weighted by Crippen LogP contribution is 1.83. The van der Waals surface area contributed by atoms with Gasteiger partial charge in [0, 0.05) is 0 Å². The van der Waals surface area contributed by atoms with Gasteiger partial charge in [0.25, 0.3) is 0 Å². The van der Waals surface area contributed by atoms with Gasteiger partial charge in [0.15, 0.2) is 5.82 Å². The highest BCUT2D eigenvalue weighted by molar-refractivity contribution is 4.66. The summed E-state index contributed by atoms with van der Waals surface area (Å²) < 4.78 is 0. The highest BCUT2D eigenvalue weighted by Gasteiger charge is 1.92. The minimum atomic E-state index is 0.739. The van der Waals surface area contributed by atoms with Crippen LogP contribution in [0, 0.1) is 6.92 Å². The van der Waals surface area contributed by atoms with E-state index < -0.39 is 0 Å². The number of nitrogens with zero attached hydrogens (tertiary/aromatic N) is 4. The van der Waals surface area contributed by atoms with Gasteiger partial charge in [-0.05, 0) is 18.6 Å². The van der Waals surface area contributed by atoms with Crippen molar-refractivity contribution in [3.05, 3.63) is 5.82 Å². The Bertz CT molecular complexity index is 195. The van der Waals surface area contributed by atoms with E-state index in [0.29, 0.717) is 0 Å². The first kappa shape index (κ1) is 11.1. The molecule has 0 fully saturated rings. The van der Waals surface area contributed by atoms with Crippen molar-refractivity contribution in [1.29, 1.82) is 0 Å². The Morgan fingerprint density at radius 1 is 1.25 bits per heavy atom. The van der Waals surface area contributed by atoms with Gasteiger partial charge < -0.3 is 0 Å². The van der Waals surface area contributed by atoms with Gasteiger partial charge >= 0.3 is 0 Å². The predicted octanol–water partition coefficient (Wildman–Crippen LogP) is 1.81. The summed E-state index contributed by atoms with van der Waals surface area (Å²) in [6.45, 7) is 9.03. The van der Waals surface area contributed by atoms with Crippen molar-refractivity contribution in [3.63, 3.8) is 0 Å². The number of rotatable bonds is 2. The zero-order chi connectivity index (χ0) is 9.40. The molecule has 0 aliphatic rings. The fourth-order valence-corrected chi connectivity index (χ4v) is 0.618. The fraction of sp³-hybridized carbons (Fsp3) is 0.875. The molecular formula is C8H18N4. The van der Waals surface area contributed by atoms with E-state index in [4.69, 9.17) is 0 Å². The molecule has 4 nitrogen and oxygen atoms in total. The van der Waals surface area contributed by atoms with Crippen molar-refractivity contribution in [2.24, 2.45) is 0 Å². The molecule has 0 saturated heterocycles. The van der Waals surface area contributed by atoms with Crippen LogP contribution in [0.1, 0.15) is 39.4 Å². The Labute approximate surface area is 74.0 Å². The van der Waals surface area contributed by atoms with Gasteiger partial charge in [-0.2, -0.15) is 4.80 Å². The molecule has 0 bridgehead atoms. The molecule has 0 radical (unpaired) electrons. The van der Waals surface area contributed by atoms with Crippen LogP contribution in [-0.4, -0.2) is 20.2 Å². The van der Waals surface area contributed by atoms with Crippen LogP contribution < -0.4 is 0 Å². The quantitative estimate of drug-likeness (QED) is 0.679. The molecule has 12 heavy (non-hydrogen) atoms. The van der Waals surface area contributed by atoms with Gasteiger partial charge in [0.2, 0.25) is 0 Å². The lowest BCUT2D eigenvalue weighted by atomic mass is 10.5. The molecule has 1 rings (SSSR count). The van der Waals surface area contributed by atoms with Gasteiger partial charge in [-0.25, -0.2) is 0 Å². The number of hydrogen-bond acceptors (Lipinski definition) is 3. The second kappa shape index (κ2) is 6.76. The average molecular weight is 170 g/mol. The molecule has 0 amide bonds. The summed E-state index contributed by atoms with van der Waals surface area (Å²) in [6, 6.07) is 0. The lowest BCUT2D eigenvalue weighted by Gasteiger charge is -1.89. The maximum Gasteiger partial charge on any atom is 0.171 e. The summed E-state index contributed by atoms with van der Waals surface area (Å²) in [7, 11) is 0. The molecule has 1 heterocycles. The van der Waals surface area contributed by atoms with E-state index in [1.807, 2.05) is 6.92 Å². The summed E-state index contributed by atoms with van der Waals surface area (Å²) in [5.74, 6) is 0.739. The van der Waals surface area contributed by atoms with E-state index >= 15 is 0 Å². The van der Waals surface area contributed by atoms with Crippen LogP contribution in [0.5, 0.6) is 0 Å². The molecule has 1 aromatic heterocycles. The van der Waals surface area contributed by atoms with Crippen LogP contribution >= 0.6 is 0 Å². The maximum atomic E-state index is 3.99. The average Bonchev–Trinajstić information content (AvgIpc) is 2.38. The predicted molar refractivity (Wildman–Crippen MR) is 48.8 cm³/mol. The molecule has 0 spiro atoms. The Balaban J connectivity index is 0.000000354. The number of aromatic nitrogens is 4. The first-order valence-electron chi connectivity index (χ1n) is 4.48. The van der Waals surface area contributed by atoms with Gasteiger partial charge in [-0.1, -0.05) is 27.2 Å². The smallest absolute Gasteiger partial charge is 0.164 e. The molecule has 70 valence electrons. The van der Waals surface area contributed by atoms with Crippen LogP contribution in [-0.2, 0) is 6.54 Å². The topological polar surface area (TPSA) is 43.6 Å². The van der Waals surface area contributed by atoms with E-state index in [2.05, 4.69) is 36.2 Å². The molecule has 4 heteroatoms. The van der Waals surface area contributed by atoms with Gasteiger partial charge in [-0.15, -0.1) is 10.2 Å². The van der Waals surface area contributed by atoms with E-state index in [-0.39, 0.29) is 0 Å². The van der Waals surface area contributed by atoms with Crippen molar-refractivity contribution in [2.45, 2.75) is 47.1 Å². The SMILES string of the molecule is CCC.CCCn1nnc(C)n1. The Morgan fingerprint density at radius 3 is 2.17 bits per heavy atom. The van der Waals surface area contributed by atoms with Crippen molar-refractivity contribution in [1.82, 2.24) is 20.2 Å². The molecule has 0 atom stereocenters. The summed E-state index contributed by atoms with van der Waals surface area (Å²) in [5.41, 5.74) is 0. The summed E-state index contributed by atoms with van der Waals surface area (Å²) in [4.78, 5) is 1.61. The van der Waals surface area contributed by atoms with Crippen LogP contribution in [0.15, 0.2) is 0 Å². The summed E-state index contributed by atoms with van der Waals surface area (Å²) in [6.07, 6.45) is 2.30. The third kappa shape index (κ3) is 4.82. The molecule has 0 N–H and O–H groups in total. The normalized spacial score (nSPS) is 9.00. The van der Waals surface area contributed by atoms with Crippen molar-refractivity contribution in [2.75, 3.05) is 0 Å². The Morgan fingerprint density at radius 2 is 1.83 bits per heavy atom. The zero-order valence-corrected chi connectivity index (χ0v) is 8.41. The van der Waals surface area contributed by atoms with Gasteiger partial charge in [0.05, 0.1) is 6.54 Å². The molecule has 0 saturated carbocycles. The van der Waals surface area contributed by atoms with Crippen LogP contribution in [0.25, 0.3) is 0 Å². The minimum Gasteiger partial charge on any atom is -0.164 e. The monoisotopic (exact) mass is 170 g/mol. The van der Waals surface area contributed by atoms with E-state index in [0.717, 1.165) is 18.8 Å². The molecule has 1 aromatic rings. The first-order valence-corrected chi connectivity index (χ1v) is 4.48. The van der Waals surface area contributed by atoms with E-state index in [9.17, 15) is 0 Å². The summed E-state index contributed by atoms with van der Waals surface area (Å²) in [5, 5.41) is 11.5. The Hall–Kier alpha value is -0.930. The minimum absolute atomic E-state index is 0.739. The third-order valence-electron chi connectivity index (χ3n) is 0.976. The molecule has 0 unspecified atom stereocenters. The lowest BCUT2D eigenvalue weighted by molar-refractivity contribution is 0.513. The molecular weight excluding hydrogens is 152 g/mol. The highest BCUT2D eigenvalue weighted by atomic mass is 15.6. The molecule has 0 aliphatic heterocycles. The van der Waals surface area contributed by atoms with Crippen molar-refractivity contribution < 1.29 is 0 Å². The molecule has 0 aliphatic carbocycles. The fourth-order valence-electron chi connectivity index (χ4n) is 0.618. The van der Waals surface area contributed by atoms with E-state index in [1.165, 1.54) is 6.42 Å². The number of tetrazole rings is 1. The zero-order valence-electron chi connectivity index (χ0n) is 8.41. The first-order chi connectivity index (χ1) is 5.74. The third-order valence-corrected chi connectivity index (χ3v) is 0.976. The maximum absolute atomic E-state index is 3.99. The largest absolute Gasteiger partial charge is 0.171 e. The van der Waals surface area contributed by atoms with Crippen LogP contribution in [0.3, 0.4) is 0 Å². The van der Waals surface area contributed by atoms with Crippen molar-refractivity contribution >= 4 is 0 Å². The van der Waals surface area contributed by atoms with Crippen LogP contribution in [0.4, 0.5) is 0 Å². The van der Waals surface area contributed by atoms with Crippen LogP contribution in [0.2, 0.25) is 0 Å². The number of hydrogen-bond donors (Lipinski definition) is 0. The molecule has 0 aromatic carbocycles. The van der Waals surface area contributed by atoms with Gasteiger partial charge in [0.1, 0.15) is 0 Å². The van der Waals surface area contributed by atoms with E-state index in [1.54, 1.807) is 4.80 Å². The number of aryl methyl sites for hydroxylation is 2. The van der Waals surface area contributed by atoms with Crippen molar-refractivity contribution in [3.8, 4) is 0 Å². The Kier molecular flexibility index (Phi) is 6.24.